The van der Waals surface area contributed by atoms with Gasteiger partial charge in [0.25, 0.3) is 0 Å². The Morgan fingerprint density at radius 1 is 1.17 bits per heavy atom. The molecule has 2 heterocycles. The third kappa shape index (κ3) is 5.96. The minimum Gasteiger partial charge on any atom is -0.475 e. The molecule has 2 atom stereocenters. The molecule has 1 saturated heterocycles. The number of halogens is 3. The first kappa shape index (κ1) is 24.9. The summed E-state index contributed by atoms with van der Waals surface area (Å²) in [5.74, 6) is 2.11. The molecule has 1 aromatic heterocycles. The lowest BCUT2D eigenvalue weighted by atomic mass is 9.53. The first-order valence-corrected chi connectivity index (χ1v) is 13.5. The normalized spacial score (nSPS) is 33.0. The summed E-state index contributed by atoms with van der Waals surface area (Å²) in [5.41, 5.74) is 0.00113. The quantitative estimate of drug-likeness (QED) is 0.545. The van der Waals surface area contributed by atoms with Crippen molar-refractivity contribution in [2.45, 2.75) is 69.6 Å². The van der Waals surface area contributed by atoms with Crippen molar-refractivity contribution in [1.29, 1.82) is 0 Å². The van der Waals surface area contributed by atoms with Gasteiger partial charge in [-0.3, -0.25) is 14.5 Å². The van der Waals surface area contributed by atoms with Crippen LogP contribution in [0.3, 0.4) is 0 Å². The van der Waals surface area contributed by atoms with Gasteiger partial charge in [0.2, 0.25) is 11.8 Å². The second-order valence-electron chi connectivity index (χ2n) is 11.3. The third-order valence-electron chi connectivity index (χ3n) is 8.22. The molecule has 0 aromatic carbocycles. The maximum absolute atomic E-state index is 12.9. The van der Waals surface area contributed by atoms with Crippen molar-refractivity contribution in [2.75, 3.05) is 26.2 Å². The molecule has 6 rings (SSSR count). The number of carbonyl (C=O) groups excluding carboxylic acids is 2. The maximum atomic E-state index is 12.9. The summed E-state index contributed by atoms with van der Waals surface area (Å²) >= 11 is 1.10. The summed E-state index contributed by atoms with van der Waals surface area (Å²) < 4.78 is 41.8. The number of carbonyl (C=O) groups is 2. The van der Waals surface area contributed by atoms with Gasteiger partial charge in [0.15, 0.2) is 11.7 Å². The molecular formula is C25H34F3N3O3S. The minimum absolute atomic E-state index is 0.00113. The van der Waals surface area contributed by atoms with Crippen molar-refractivity contribution in [3.05, 3.63) is 17.0 Å². The Hall–Kier alpha value is -1.81. The molecule has 4 saturated carbocycles. The number of rotatable bonds is 8. The monoisotopic (exact) mass is 513 g/mol. The molecule has 1 unspecified atom stereocenters. The summed E-state index contributed by atoms with van der Waals surface area (Å²) in [7, 11) is 0. The van der Waals surface area contributed by atoms with Crippen LogP contribution in [0.1, 0.15) is 62.8 Å². The molecule has 10 heteroatoms. The molecule has 4 aliphatic carbocycles. The number of ether oxygens (including phenoxy) is 1. The van der Waals surface area contributed by atoms with Crippen molar-refractivity contribution in [2.24, 2.45) is 23.7 Å². The van der Waals surface area contributed by atoms with E-state index in [9.17, 15) is 22.8 Å². The molecule has 2 N–H and O–H groups in total. The second-order valence-corrected chi connectivity index (χ2v) is 12.3. The maximum Gasteiger partial charge on any atom is 0.422 e. The summed E-state index contributed by atoms with van der Waals surface area (Å²) in [5, 5.41) is 6.55. The first-order chi connectivity index (χ1) is 16.6. The number of thiophene rings is 1. The Balaban J connectivity index is 1.07. The highest BCUT2D eigenvalue weighted by Crippen LogP contribution is 2.55. The van der Waals surface area contributed by atoms with Gasteiger partial charge in [0.05, 0.1) is 18.5 Å². The summed E-state index contributed by atoms with van der Waals surface area (Å²) in [6, 6.07) is 2.84. The fourth-order valence-electron chi connectivity index (χ4n) is 7.19. The van der Waals surface area contributed by atoms with Gasteiger partial charge in [0, 0.05) is 17.0 Å². The highest BCUT2D eigenvalue weighted by molar-refractivity contribution is 7.13. The van der Waals surface area contributed by atoms with E-state index in [0.717, 1.165) is 53.2 Å². The largest absolute Gasteiger partial charge is 0.475 e. The van der Waals surface area contributed by atoms with Crippen molar-refractivity contribution < 1.29 is 27.5 Å². The molecule has 35 heavy (non-hydrogen) atoms. The smallest absolute Gasteiger partial charge is 0.422 e. The van der Waals surface area contributed by atoms with E-state index in [0.29, 0.717) is 26.1 Å². The molecule has 5 fully saturated rings. The second kappa shape index (κ2) is 9.57. The van der Waals surface area contributed by atoms with Crippen molar-refractivity contribution in [3.8, 4) is 5.06 Å². The van der Waals surface area contributed by atoms with Crippen LogP contribution in [0.2, 0.25) is 0 Å². The Labute approximate surface area is 208 Å². The van der Waals surface area contributed by atoms with Crippen molar-refractivity contribution in [3.63, 3.8) is 0 Å². The van der Waals surface area contributed by atoms with E-state index in [1.807, 2.05) is 6.92 Å². The molecule has 0 spiro atoms. The van der Waals surface area contributed by atoms with Gasteiger partial charge in [-0.2, -0.15) is 13.2 Å². The molecule has 2 amide bonds. The van der Waals surface area contributed by atoms with Crippen molar-refractivity contribution in [1.82, 2.24) is 15.5 Å². The lowest BCUT2D eigenvalue weighted by Crippen LogP contribution is -2.60. The van der Waals surface area contributed by atoms with E-state index in [1.165, 1.54) is 25.3 Å². The number of hydrogen-bond acceptors (Lipinski definition) is 5. The molecule has 4 bridgehead atoms. The van der Waals surface area contributed by atoms with E-state index in [-0.39, 0.29) is 34.4 Å². The highest BCUT2D eigenvalue weighted by atomic mass is 32.1. The number of alkyl halides is 3. The molecular weight excluding hydrogens is 479 g/mol. The van der Waals surface area contributed by atoms with Crippen LogP contribution in [0.15, 0.2) is 12.1 Å². The van der Waals surface area contributed by atoms with Gasteiger partial charge in [-0.1, -0.05) is 0 Å². The third-order valence-corrected chi connectivity index (χ3v) is 9.40. The van der Waals surface area contributed by atoms with Gasteiger partial charge in [0.1, 0.15) is 0 Å². The summed E-state index contributed by atoms with van der Waals surface area (Å²) in [4.78, 5) is 28.5. The zero-order valence-electron chi connectivity index (χ0n) is 20.0. The molecule has 5 aliphatic rings. The zero-order valence-corrected chi connectivity index (χ0v) is 20.9. The Morgan fingerprint density at radius 3 is 2.46 bits per heavy atom. The number of likely N-dealkylation sites (tertiary alicyclic amines) is 1. The van der Waals surface area contributed by atoms with E-state index in [1.54, 1.807) is 6.07 Å². The van der Waals surface area contributed by atoms with Gasteiger partial charge in [-0.05, 0) is 88.3 Å². The van der Waals surface area contributed by atoms with Crippen LogP contribution in [0.4, 0.5) is 13.2 Å². The van der Waals surface area contributed by atoms with Gasteiger partial charge in [-0.25, -0.2) is 0 Å². The van der Waals surface area contributed by atoms with E-state index in [2.05, 4.69) is 15.5 Å². The van der Waals surface area contributed by atoms with Gasteiger partial charge in [-0.15, -0.1) is 11.3 Å². The van der Waals surface area contributed by atoms with Crippen LogP contribution in [-0.2, 0) is 9.59 Å². The Morgan fingerprint density at radius 2 is 1.83 bits per heavy atom. The summed E-state index contributed by atoms with van der Waals surface area (Å²) in [6.07, 6.45) is 3.69. The zero-order chi connectivity index (χ0) is 24.8. The van der Waals surface area contributed by atoms with E-state index < -0.39 is 12.8 Å². The SMILES string of the molecule is CC(NC(=O)[C@@H]1CCN(CC(=O)NC23CC4CC(CC(C4)C2)C3)C1)c1ccc(OCC(F)(F)F)s1. The molecule has 194 valence electrons. The van der Waals surface area contributed by atoms with Gasteiger partial charge >= 0.3 is 6.18 Å². The van der Waals surface area contributed by atoms with Crippen LogP contribution in [0.25, 0.3) is 0 Å². The average molecular weight is 514 g/mol. The predicted molar refractivity (Wildman–Crippen MR) is 126 cm³/mol. The van der Waals surface area contributed by atoms with Crippen LogP contribution in [0, 0.1) is 23.7 Å². The Kier molecular flexibility index (Phi) is 6.80. The lowest BCUT2D eigenvalue weighted by Gasteiger charge is -2.57. The number of amides is 2. The Bertz CT molecular complexity index is 915. The minimum atomic E-state index is -4.38. The van der Waals surface area contributed by atoms with Crippen LogP contribution in [-0.4, -0.2) is 54.7 Å². The number of nitrogens with one attached hydrogen (secondary N) is 2. The van der Waals surface area contributed by atoms with Crippen LogP contribution >= 0.6 is 11.3 Å². The van der Waals surface area contributed by atoms with Gasteiger partial charge < -0.3 is 15.4 Å². The molecule has 0 radical (unpaired) electrons. The summed E-state index contributed by atoms with van der Waals surface area (Å²) in [6.45, 7) is 2.04. The topological polar surface area (TPSA) is 70.7 Å². The van der Waals surface area contributed by atoms with Crippen molar-refractivity contribution >= 4 is 23.2 Å². The number of hydrogen-bond donors (Lipinski definition) is 2. The highest BCUT2D eigenvalue weighted by Gasteiger charge is 2.51. The van der Waals surface area contributed by atoms with E-state index in [4.69, 9.17) is 4.74 Å². The number of nitrogens with zero attached hydrogens (tertiary/aromatic N) is 1. The standard InChI is InChI=1S/C25H34F3N3O3S/c1-15(20-2-3-22(35-20)34-14-25(26,27)28)29-23(33)19-4-5-31(12-19)13-21(32)30-24-9-16-6-17(10-24)8-18(7-16)11-24/h2-3,15-19H,4-14H2,1H3,(H,29,33)(H,30,32)/t15?,16?,17?,18?,19-,24?/m1/s1. The lowest BCUT2D eigenvalue weighted by molar-refractivity contribution is -0.152. The molecule has 1 aromatic rings. The van der Waals surface area contributed by atoms with E-state index >= 15 is 0 Å². The first-order valence-electron chi connectivity index (χ1n) is 12.7. The average Bonchev–Trinajstić information content (AvgIpc) is 3.40. The predicted octanol–water partition coefficient (Wildman–Crippen LogP) is 4.27. The fraction of sp³-hybridized carbons (Fsp3) is 0.760. The van der Waals surface area contributed by atoms with Crippen LogP contribution < -0.4 is 15.4 Å². The molecule has 6 nitrogen and oxygen atoms in total. The molecule has 1 aliphatic heterocycles. The fourth-order valence-corrected chi connectivity index (χ4v) is 8.05. The van der Waals surface area contributed by atoms with Crippen LogP contribution in [0.5, 0.6) is 5.06 Å².